The lowest BCUT2D eigenvalue weighted by atomic mass is 9.75. The molecule has 0 aromatic carbocycles. The molecule has 0 aromatic heterocycles. The van der Waals surface area contributed by atoms with Crippen LogP contribution in [0.2, 0.25) is 0 Å². The molecule has 0 amide bonds. The van der Waals surface area contributed by atoms with Crippen molar-refractivity contribution in [1.29, 1.82) is 0 Å². The third kappa shape index (κ3) is 1.82. The molecule has 0 spiro atoms. The van der Waals surface area contributed by atoms with Crippen LogP contribution in [0.3, 0.4) is 0 Å². The molecule has 1 saturated carbocycles. The zero-order chi connectivity index (χ0) is 9.03. The molecule has 12 heavy (non-hydrogen) atoms. The molecule has 72 valence electrons. The number of rotatable bonds is 0. The van der Waals surface area contributed by atoms with Crippen molar-refractivity contribution in [2.24, 2.45) is 5.92 Å². The summed E-state index contributed by atoms with van der Waals surface area (Å²) in [6.07, 6.45) is 7.24. The maximum atomic E-state index is 3.63. The smallest absolute Gasteiger partial charge is 0.0181 e. The van der Waals surface area contributed by atoms with E-state index in [0.717, 1.165) is 5.92 Å². The first-order chi connectivity index (χ1) is 5.81. The molecule has 2 aliphatic rings. The standard InChI is InChI=1S/C9H17N.C2H6/c1-9-6-3-2-4-8(9)5-7-10-9;1-2/h8,10H,2-7H2,1H3;1-2H3. The van der Waals surface area contributed by atoms with Crippen molar-refractivity contribution in [3.63, 3.8) is 0 Å². The minimum atomic E-state index is 0.540. The van der Waals surface area contributed by atoms with Crippen LogP contribution in [0.1, 0.15) is 52.9 Å². The van der Waals surface area contributed by atoms with Crippen LogP contribution in [-0.4, -0.2) is 12.1 Å². The predicted octanol–water partition coefficient (Wildman–Crippen LogP) is 2.95. The van der Waals surface area contributed by atoms with E-state index in [1.165, 1.54) is 38.6 Å². The highest BCUT2D eigenvalue weighted by Crippen LogP contribution is 2.38. The van der Waals surface area contributed by atoms with Crippen molar-refractivity contribution in [3.05, 3.63) is 0 Å². The summed E-state index contributed by atoms with van der Waals surface area (Å²) in [5.41, 5.74) is 0.540. The fraction of sp³-hybridized carbons (Fsp3) is 1.00. The van der Waals surface area contributed by atoms with Crippen LogP contribution in [0, 0.1) is 5.92 Å². The number of fused-ring (bicyclic) bond motifs is 1. The van der Waals surface area contributed by atoms with Crippen LogP contribution in [-0.2, 0) is 0 Å². The number of hydrogen-bond acceptors (Lipinski definition) is 1. The highest BCUT2D eigenvalue weighted by Gasteiger charge is 2.39. The molecule has 0 aromatic rings. The Morgan fingerprint density at radius 3 is 2.58 bits per heavy atom. The normalized spacial score (nSPS) is 39.8. The summed E-state index contributed by atoms with van der Waals surface area (Å²) in [5, 5.41) is 3.63. The summed E-state index contributed by atoms with van der Waals surface area (Å²) in [7, 11) is 0. The fourth-order valence-electron chi connectivity index (χ4n) is 2.63. The Kier molecular flexibility index (Phi) is 3.57. The van der Waals surface area contributed by atoms with Gasteiger partial charge in [0.15, 0.2) is 0 Å². The Balaban J connectivity index is 0.000000336. The second-order valence-corrected chi connectivity index (χ2v) is 4.08. The van der Waals surface area contributed by atoms with E-state index in [-0.39, 0.29) is 0 Å². The van der Waals surface area contributed by atoms with E-state index in [1.54, 1.807) is 0 Å². The summed E-state index contributed by atoms with van der Waals surface area (Å²) in [6.45, 7) is 7.67. The van der Waals surface area contributed by atoms with Crippen LogP contribution >= 0.6 is 0 Å². The Hall–Kier alpha value is -0.0400. The molecule has 0 radical (unpaired) electrons. The quantitative estimate of drug-likeness (QED) is 0.588. The van der Waals surface area contributed by atoms with E-state index < -0.39 is 0 Å². The SMILES string of the molecule is CC.CC12CCCCC1CCN2. The van der Waals surface area contributed by atoms with Crippen molar-refractivity contribution in [3.8, 4) is 0 Å². The Labute approximate surface area is 76.9 Å². The van der Waals surface area contributed by atoms with E-state index in [2.05, 4.69) is 12.2 Å². The minimum Gasteiger partial charge on any atom is -0.311 e. The molecule has 1 heteroatoms. The Morgan fingerprint density at radius 1 is 1.17 bits per heavy atom. The van der Waals surface area contributed by atoms with E-state index in [0.29, 0.717) is 5.54 Å². The lowest BCUT2D eigenvalue weighted by molar-refractivity contribution is 0.218. The summed E-state index contributed by atoms with van der Waals surface area (Å²) >= 11 is 0. The average molecular weight is 169 g/mol. The van der Waals surface area contributed by atoms with Gasteiger partial charge in [-0.1, -0.05) is 26.7 Å². The molecule has 1 aliphatic carbocycles. The van der Waals surface area contributed by atoms with Gasteiger partial charge in [-0.15, -0.1) is 0 Å². The summed E-state index contributed by atoms with van der Waals surface area (Å²) in [4.78, 5) is 0. The second-order valence-electron chi connectivity index (χ2n) is 4.08. The predicted molar refractivity (Wildman–Crippen MR) is 54.3 cm³/mol. The second kappa shape index (κ2) is 4.27. The van der Waals surface area contributed by atoms with E-state index in [1.807, 2.05) is 13.8 Å². The van der Waals surface area contributed by atoms with Crippen molar-refractivity contribution in [1.82, 2.24) is 5.32 Å². The van der Waals surface area contributed by atoms with Crippen molar-refractivity contribution >= 4 is 0 Å². The van der Waals surface area contributed by atoms with Crippen LogP contribution in [0.4, 0.5) is 0 Å². The molecule has 1 nitrogen and oxygen atoms in total. The lowest BCUT2D eigenvalue weighted by Crippen LogP contribution is -2.43. The molecule has 2 unspecified atom stereocenters. The van der Waals surface area contributed by atoms with E-state index in [9.17, 15) is 0 Å². The molecule has 1 N–H and O–H groups in total. The maximum Gasteiger partial charge on any atom is 0.0181 e. The van der Waals surface area contributed by atoms with Gasteiger partial charge in [-0.25, -0.2) is 0 Å². The molecule has 1 aliphatic heterocycles. The highest BCUT2D eigenvalue weighted by molar-refractivity contribution is 4.97. The van der Waals surface area contributed by atoms with E-state index in [4.69, 9.17) is 0 Å². The zero-order valence-electron chi connectivity index (χ0n) is 8.82. The topological polar surface area (TPSA) is 12.0 Å². The van der Waals surface area contributed by atoms with Crippen LogP contribution in [0.25, 0.3) is 0 Å². The van der Waals surface area contributed by atoms with Gasteiger partial charge in [0.25, 0.3) is 0 Å². The fourth-order valence-corrected chi connectivity index (χ4v) is 2.63. The Bertz CT molecular complexity index is 133. The molecular formula is C11H23N. The summed E-state index contributed by atoms with van der Waals surface area (Å²) in [6, 6.07) is 0. The van der Waals surface area contributed by atoms with Gasteiger partial charge in [0.05, 0.1) is 0 Å². The third-order valence-corrected chi connectivity index (χ3v) is 3.42. The molecular weight excluding hydrogens is 146 g/mol. The van der Waals surface area contributed by atoms with Gasteiger partial charge in [-0.05, 0) is 38.6 Å². The average Bonchev–Trinajstić information content (AvgIpc) is 2.49. The monoisotopic (exact) mass is 169 g/mol. The van der Waals surface area contributed by atoms with Gasteiger partial charge >= 0.3 is 0 Å². The molecule has 1 saturated heterocycles. The van der Waals surface area contributed by atoms with Crippen molar-refractivity contribution in [2.75, 3.05) is 6.54 Å². The van der Waals surface area contributed by atoms with Gasteiger partial charge in [0.2, 0.25) is 0 Å². The van der Waals surface area contributed by atoms with E-state index >= 15 is 0 Å². The van der Waals surface area contributed by atoms with Crippen LogP contribution < -0.4 is 5.32 Å². The van der Waals surface area contributed by atoms with Gasteiger partial charge in [-0.3, -0.25) is 0 Å². The first kappa shape index (κ1) is 10.0. The first-order valence-electron chi connectivity index (χ1n) is 5.56. The van der Waals surface area contributed by atoms with Crippen molar-refractivity contribution < 1.29 is 0 Å². The largest absolute Gasteiger partial charge is 0.311 e. The Morgan fingerprint density at radius 2 is 1.92 bits per heavy atom. The third-order valence-electron chi connectivity index (χ3n) is 3.42. The summed E-state index contributed by atoms with van der Waals surface area (Å²) < 4.78 is 0. The number of nitrogens with one attached hydrogen (secondary N) is 1. The van der Waals surface area contributed by atoms with Crippen molar-refractivity contribution in [2.45, 2.75) is 58.4 Å². The maximum absolute atomic E-state index is 3.63. The number of hydrogen-bond donors (Lipinski definition) is 1. The van der Waals surface area contributed by atoms with Gasteiger partial charge < -0.3 is 5.32 Å². The highest BCUT2D eigenvalue weighted by atomic mass is 15.0. The molecule has 2 fully saturated rings. The molecule has 0 bridgehead atoms. The van der Waals surface area contributed by atoms with Crippen LogP contribution in [0.15, 0.2) is 0 Å². The zero-order valence-corrected chi connectivity index (χ0v) is 8.82. The lowest BCUT2D eigenvalue weighted by Gasteiger charge is -2.36. The first-order valence-corrected chi connectivity index (χ1v) is 5.56. The molecule has 1 heterocycles. The molecule has 2 atom stereocenters. The van der Waals surface area contributed by atoms with Gasteiger partial charge in [0, 0.05) is 5.54 Å². The summed E-state index contributed by atoms with van der Waals surface area (Å²) in [5.74, 6) is 1.00. The molecule has 2 rings (SSSR count). The van der Waals surface area contributed by atoms with Gasteiger partial charge in [-0.2, -0.15) is 0 Å². The van der Waals surface area contributed by atoms with Crippen LogP contribution in [0.5, 0.6) is 0 Å². The van der Waals surface area contributed by atoms with Gasteiger partial charge in [0.1, 0.15) is 0 Å². The minimum absolute atomic E-state index is 0.540.